The lowest BCUT2D eigenvalue weighted by Gasteiger charge is -2.56. The zero-order valence-electron chi connectivity index (χ0n) is 21.3. The summed E-state index contributed by atoms with van der Waals surface area (Å²) in [6.45, 7) is 10.5. The van der Waals surface area contributed by atoms with E-state index in [2.05, 4.69) is 32.9 Å². The standard InChI is InChI=1S/C28H40O6/c1-6-31-24(29)27(25(30)32-7-2)17-21(16-20-11-9-8-10-12-20)28(18-27)33-23-15-19(3)13-14-22(23)26(4,5)34-28/h8-12,19,21-23H,6-7,13-18H2,1-5H3/t19-,21+,22-,23-,28+/m1/s1. The van der Waals surface area contributed by atoms with Gasteiger partial charge in [0, 0.05) is 18.3 Å². The predicted octanol–water partition coefficient (Wildman–Crippen LogP) is 5.08. The van der Waals surface area contributed by atoms with Gasteiger partial charge in [0.2, 0.25) is 0 Å². The highest BCUT2D eigenvalue weighted by molar-refractivity contribution is 6.00. The van der Waals surface area contributed by atoms with Gasteiger partial charge in [0.1, 0.15) is 0 Å². The number of carbonyl (C=O) groups excluding carboxylic acids is 2. The van der Waals surface area contributed by atoms with Crippen LogP contribution in [0.1, 0.15) is 72.3 Å². The number of benzene rings is 1. The van der Waals surface area contributed by atoms with Gasteiger partial charge in [0.05, 0.1) is 24.9 Å². The van der Waals surface area contributed by atoms with Gasteiger partial charge < -0.3 is 18.9 Å². The summed E-state index contributed by atoms with van der Waals surface area (Å²) in [5.41, 5.74) is -0.744. The summed E-state index contributed by atoms with van der Waals surface area (Å²) in [7, 11) is 0. The van der Waals surface area contributed by atoms with Gasteiger partial charge in [-0.15, -0.1) is 0 Å². The molecule has 1 aliphatic heterocycles. The lowest BCUT2D eigenvalue weighted by atomic mass is 9.71. The lowest BCUT2D eigenvalue weighted by Crippen LogP contribution is -2.61. The van der Waals surface area contributed by atoms with Crippen molar-refractivity contribution in [3.05, 3.63) is 35.9 Å². The Morgan fingerprint density at radius 1 is 1.03 bits per heavy atom. The SMILES string of the molecule is CCOC(=O)C1(C(=O)OCC)C[C@H](Cc2ccccc2)[C@@]2(C1)O[C@@H]1C[C@H](C)CC[C@H]1C(C)(C)O2. The summed E-state index contributed by atoms with van der Waals surface area (Å²) < 4.78 is 24.7. The van der Waals surface area contributed by atoms with Crippen LogP contribution in [0.2, 0.25) is 0 Å². The molecule has 0 bridgehead atoms. The van der Waals surface area contributed by atoms with Crippen LogP contribution in [0.4, 0.5) is 0 Å². The fourth-order valence-corrected chi connectivity index (χ4v) is 6.59. The molecule has 4 rings (SSSR count). The van der Waals surface area contributed by atoms with E-state index in [0.717, 1.165) is 24.8 Å². The van der Waals surface area contributed by atoms with Gasteiger partial charge >= 0.3 is 11.9 Å². The Kier molecular flexibility index (Phi) is 7.12. The highest BCUT2D eigenvalue weighted by Crippen LogP contribution is 2.59. The van der Waals surface area contributed by atoms with Crippen LogP contribution in [0.5, 0.6) is 0 Å². The molecule has 0 unspecified atom stereocenters. The van der Waals surface area contributed by atoms with E-state index in [-0.39, 0.29) is 44.0 Å². The molecule has 34 heavy (non-hydrogen) atoms. The molecule has 0 aromatic heterocycles. The number of ether oxygens (including phenoxy) is 4. The summed E-state index contributed by atoms with van der Waals surface area (Å²) >= 11 is 0. The predicted molar refractivity (Wildman–Crippen MR) is 128 cm³/mol. The minimum atomic E-state index is -1.44. The molecule has 6 nitrogen and oxygen atoms in total. The van der Waals surface area contributed by atoms with Gasteiger partial charge in [-0.25, -0.2) is 0 Å². The summed E-state index contributed by atoms with van der Waals surface area (Å²) in [5, 5.41) is 0. The molecule has 2 aliphatic carbocycles. The summed E-state index contributed by atoms with van der Waals surface area (Å²) in [6.07, 6.45) is 4.25. The zero-order valence-corrected chi connectivity index (χ0v) is 21.3. The number of fused-ring (bicyclic) bond motifs is 1. The van der Waals surface area contributed by atoms with E-state index in [1.165, 1.54) is 0 Å². The van der Waals surface area contributed by atoms with E-state index in [0.29, 0.717) is 12.3 Å². The third kappa shape index (κ3) is 4.51. The van der Waals surface area contributed by atoms with Crippen molar-refractivity contribution in [1.29, 1.82) is 0 Å². The Hall–Kier alpha value is -1.92. The van der Waals surface area contributed by atoms with Crippen LogP contribution >= 0.6 is 0 Å². The first-order valence-electron chi connectivity index (χ1n) is 12.9. The van der Waals surface area contributed by atoms with Crippen molar-refractivity contribution in [1.82, 2.24) is 0 Å². The minimum Gasteiger partial charge on any atom is -0.465 e. The van der Waals surface area contributed by atoms with Crippen molar-refractivity contribution in [2.45, 2.75) is 90.6 Å². The molecule has 0 radical (unpaired) electrons. The van der Waals surface area contributed by atoms with Crippen molar-refractivity contribution in [2.75, 3.05) is 13.2 Å². The molecule has 1 aromatic carbocycles. The van der Waals surface area contributed by atoms with Crippen LogP contribution in [-0.4, -0.2) is 42.6 Å². The summed E-state index contributed by atoms with van der Waals surface area (Å²) in [4.78, 5) is 26.7. The fraction of sp³-hybridized carbons (Fsp3) is 0.714. The second-order valence-electron chi connectivity index (χ2n) is 11.0. The molecule has 3 fully saturated rings. The van der Waals surface area contributed by atoms with Gasteiger partial charge in [0.15, 0.2) is 11.2 Å². The Morgan fingerprint density at radius 3 is 2.29 bits per heavy atom. The zero-order chi connectivity index (χ0) is 24.6. The average Bonchev–Trinajstić information content (AvgIpc) is 3.08. The minimum absolute atomic E-state index is 0.0333. The molecule has 1 spiro atoms. The number of rotatable bonds is 6. The summed E-state index contributed by atoms with van der Waals surface area (Å²) in [5.74, 6) is -1.47. The van der Waals surface area contributed by atoms with E-state index in [9.17, 15) is 9.59 Å². The molecule has 1 heterocycles. The van der Waals surface area contributed by atoms with E-state index in [1.807, 2.05) is 18.2 Å². The first-order valence-corrected chi connectivity index (χ1v) is 12.9. The van der Waals surface area contributed by atoms with Gasteiger partial charge in [-0.05, 0) is 64.9 Å². The maximum absolute atomic E-state index is 13.4. The maximum atomic E-state index is 13.4. The van der Waals surface area contributed by atoms with Gasteiger partial charge in [-0.2, -0.15) is 0 Å². The highest BCUT2D eigenvalue weighted by atomic mass is 16.7. The molecule has 1 saturated heterocycles. The smallest absolute Gasteiger partial charge is 0.323 e. The highest BCUT2D eigenvalue weighted by Gasteiger charge is 2.68. The molecule has 2 saturated carbocycles. The molecular weight excluding hydrogens is 432 g/mol. The van der Waals surface area contributed by atoms with Crippen molar-refractivity contribution in [2.24, 2.45) is 23.2 Å². The molecule has 1 aromatic rings. The Labute approximate surface area is 203 Å². The van der Waals surface area contributed by atoms with Crippen LogP contribution in [0.15, 0.2) is 30.3 Å². The molecule has 0 amide bonds. The van der Waals surface area contributed by atoms with Crippen molar-refractivity contribution in [3.63, 3.8) is 0 Å². The number of carbonyl (C=O) groups is 2. The van der Waals surface area contributed by atoms with Crippen LogP contribution < -0.4 is 0 Å². The fourth-order valence-electron chi connectivity index (χ4n) is 6.59. The first kappa shape index (κ1) is 25.2. The van der Waals surface area contributed by atoms with Gasteiger partial charge in [-0.1, -0.05) is 43.7 Å². The number of hydrogen-bond acceptors (Lipinski definition) is 6. The van der Waals surface area contributed by atoms with Crippen molar-refractivity contribution < 1.29 is 28.5 Å². The van der Waals surface area contributed by atoms with E-state index in [4.69, 9.17) is 18.9 Å². The van der Waals surface area contributed by atoms with Crippen LogP contribution in [0.25, 0.3) is 0 Å². The second kappa shape index (κ2) is 9.62. The van der Waals surface area contributed by atoms with Crippen LogP contribution in [0, 0.1) is 23.2 Å². The number of hydrogen-bond donors (Lipinski definition) is 0. The van der Waals surface area contributed by atoms with Crippen molar-refractivity contribution in [3.8, 4) is 0 Å². The van der Waals surface area contributed by atoms with Crippen LogP contribution in [0.3, 0.4) is 0 Å². The van der Waals surface area contributed by atoms with Gasteiger partial charge in [0.25, 0.3) is 0 Å². The molecule has 3 aliphatic rings. The normalized spacial score (nSPS) is 33.8. The lowest BCUT2D eigenvalue weighted by molar-refractivity contribution is -0.383. The average molecular weight is 473 g/mol. The topological polar surface area (TPSA) is 71.1 Å². The van der Waals surface area contributed by atoms with E-state index in [1.54, 1.807) is 13.8 Å². The molecule has 6 heteroatoms. The summed E-state index contributed by atoms with van der Waals surface area (Å²) in [6, 6.07) is 10.1. The van der Waals surface area contributed by atoms with Crippen LogP contribution in [-0.2, 0) is 35.0 Å². The van der Waals surface area contributed by atoms with E-state index < -0.39 is 28.7 Å². The molecular formula is C28H40O6. The van der Waals surface area contributed by atoms with Crippen molar-refractivity contribution >= 4 is 11.9 Å². The number of esters is 2. The second-order valence-corrected chi connectivity index (χ2v) is 11.0. The quantitative estimate of drug-likeness (QED) is 0.425. The van der Waals surface area contributed by atoms with Gasteiger partial charge in [-0.3, -0.25) is 9.59 Å². The third-order valence-corrected chi connectivity index (χ3v) is 8.16. The Morgan fingerprint density at radius 2 is 1.68 bits per heavy atom. The molecule has 188 valence electrons. The first-order chi connectivity index (χ1) is 16.2. The monoisotopic (exact) mass is 472 g/mol. The Balaban J connectivity index is 1.77. The molecule has 0 N–H and O–H groups in total. The maximum Gasteiger partial charge on any atom is 0.323 e. The molecule has 5 atom stereocenters. The largest absolute Gasteiger partial charge is 0.465 e. The Bertz CT molecular complexity index is 862. The third-order valence-electron chi connectivity index (χ3n) is 8.16. The van der Waals surface area contributed by atoms with E-state index >= 15 is 0 Å².